The Balaban J connectivity index is 1.61. The molecule has 2 aromatic carbocycles. The number of nitrogens with zero attached hydrogens (tertiary/aromatic N) is 3. The first-order valence-corrected chi connectivity index (χ1v) is 7.55. The predicted molar refractivity (Wildman–Crippen MR) is 92.7 cm³/mol. The molecule has 0 atom stereocenters. The highest BCUT2D eigenvalue weighted by Crippen LogP contribution is 2.23. The summed E-state index contributed by atoms with van der Waals surface area (Å²) in [6.45, 7) is 0. The van der Waals surface area contributed by atoms with Gasteiger partial charge in [0.2, 0.25) is 0 Å². The Morgan fingerprint density at radius 2 is 1.92 bits per heavy atom. The Morgan fingerprint density at radius 3 is 2.71 bits per heavy atom. The molecule has 6 heteroatoms. The highest BCUT2D eigenvalue weighted by molar-refractivity contribution is 6.03. The molecule has 0 spiro atoms. The van der Waals surface area contributed by atoms with Crippen molar-refractivity contribution in [1.29, 1.82) is 0 Å². The molecule has 0 aliphatic rings. The van der Waals surface area contributed by atoms with Crippen molar-refractivity contribution in [1.82, 2.24) is 20.0 Å². The molecule has 4 rings (SSSR count). The van der Waals surface area contributed by atoms with Crippen LogP contribution in [0, 0.1) is 0 Å². The van der Waals surface area contributed by atoms with Gasteiger partial charge in [0.25, 0.3) is 5.91 Å². The third-order valence-electron chi connectivity index (χ3n) is 3.93. The van der Waals surface area contributed by atoms with E-state index in [1.165, 1.54) is 5.39 Å². The summed E-state index contributed by atoms with van der Waals surface area (Å²) >= 11 is 0. The van der Waals surface area contributed by atoms with Crippen LogP contribution in [0.15, 0.2) is 60.8 Å². The first kappa shape index (κ1) is 14.2. The van der Waals surface area contributed by atoms with E-state index in [1.807, 2.05) is 18.2 Å². The van der Waals surface area contributed by atoms with Gasteiger partial charge in [0.05, 0.1) is 11.9 Å². The maximum atomic E-state index is 12.3. The third kappa shape index (κ3) is 2.54. The van der Waals surface area contributed by atoms with Gasteiger partial charge in [-0.15, -0.1) is 0 Å². The monoisotopic (exact) mass is 317 g/mol. The fraction of sp³-hybridized carbons (Fsp3) is 0.0556. The fourth-order valence-electron chi connectivity index (χ4n) is 2.61. The number of fused-ring (bicyclic) bond motifs is 1. The fourth-order valence-corrected chi connectivity index (χ4v) is 2.61. The molecule has 0 unspecified atom stereocenters. The van der Waals surface area contributed by atoms with Crippen LogP contribution in [0.4, 0.5) is 5.82 Å². The molecule has 0 fully saturated rings. The Kier molecular flexibility index (Phi) is 3.35. The molecule has 0 radical (unpaired) electrons. The zero-order valence-electron chi connectivity index (χ0n) is 13.0. The van der Waals surface area contributed by atoms with Crippen LogP contribution in [-0.4, -0.2) is 25.9 Å². The molecule has 1 amide bonds. The lowest BCUT2D eigenvalue weighted by Gasteiger charge is -2.02. The normalized spacial score (nSPS) is 10.9. The molecular formula is C18H15N5O. The van der Waals surface area contributed by atoms with Crippen molar-refractivity contribution >= 4 is 22.5 Å². The van der Waals surface area contributed by atoms with Crippen LogP contribution in [-0.2, 0) is 7.05 Å². The standard InChI is InChI=1S/C18H15N5O/c1-23-17(8-9-19-23)20-18(24)16-11-15(21-22-16)14-7-6-12-4-2-3-5-13(12)10-14/h2-11H,1H3,(H,20,24)(H,21,22). The van der Waals surface area contributed by atoms with E-state index in [0.29, 0.717) is 11.5 Å². The van der Waals surface area contributed by atoms with Gasteiger partial charge in [-0.25, -0.2) is 0 Å². The number of carbonyl (C=O) groups is 1. The van der Waals surface area contributed by atoms with E-state index >= 15 is 0 Å². The first-order valence-electron chi connectivity index (χ1n) is 7.55. The van der Waals surface area contributed by atoms with Gasteiger partial charge in [-0.05, 0) is 22.9 Å². The minimum Gasteiger partial charge on any atom is -0.305 e. The van der Waals surface area contributed by atoms with E-state index in [4.69, 9.17) is 0 Å². The summed E-state index contributed by atoms with van der Waals surface area (Å²) in [5.41, 5.74) is 2.10. The lowest BCUT2D eigenvalue weighted by atomic mass is 10.1. The number of H-pyrrole nitrogens is 1. The van der Waals surface area contributed by atoms with E-state index < -0.39 is 0 Å². The molecule has 0 aliphatic carbocycles. The Morgan fingerprint density at radius 1 is 1.08 bits per heavy atom. The van der Waals surface area contributed by atoms with E-state index in [2.05, 4.69) is 44.9 Å². The van der Waals surface area contributed by atoms with Crippen LogP contribution < -0.4 is 5.32 Å². The van der Waals surface area contributed by atoms with Crippen molar-refractivity contribution in [3.8, 4) is 11.3 Å². The quantitative estimate of drug-likeness (QED) is 0.609. The average molecular weight is 317 g/mol. The molecule has 0 aliphatic heterocycles. The number of hydrogen-bond acceptors (Lipinski definition) is 3. The van der Waals surface area contributed by atoms with Gasteiger partial charge in [0.1, 0.15) is 11.5 Å². The summed E-state index contributed by atoms with van der Waals surface area (Å²) in [6.07, 6.45) is 1.63. The summed E-state index contributed by atoms with van der Waals surface area (Å²) < 4.78 is 1.60. The molecule has 24 heavy (non-hydrogen) atoms. The zero-order chi connectivity index (χ0) is 16.5. The number of amides is 1. The number of aromatic amines is 1. The Hall–Kier alpha value is -3.41. The SMILES string of the molecule is Cn1nccc1NC(=O)c1cc(-c2ccc3ccccc3c2)n[nH]1. The Labute approximate surface area is 138 Å². The zero-order valence-corrected chi connectivity index (χ0v) is 13.0. The van der Waals surface area contributed by atoms with Gasteiger partial charge in [-0.3, -0.25) is 14.6 Å². The van der Waals surface area contributed by atoms with Crippen molar-refractivity contribution in [3.63, 3.8) is 0 Å². The molecule has 6 nitrogen and oxygen atoms in total. The van der Waals surface area contributed by atoms with Gasteiger partial charge in [-0.2, -0.15) is 10.2 Å². The number of carbonyl (C=O) groups excluding carboxylic acids is 1. The molecule has 4 aromatic rings. The van der Waals surface area contributed by atoms with Crippen LogP contribution in [0.1, 0.15) is 10.5 Å². The molecule has 118 valence electrons. The van der Waals surface area contributed by atoms with E-state index in [9.17, 15) is 4.79 Å². The lowest BCUT2D eigenvalue weighted by molar-refractivity contribution is 0.102. The van der Waals surface area contributed by atoms with Gasteiger partial charge < -0.3 is 5.32 Å². The highest BCUT2D eigenvalue weighted by Gasteiger charge is 2.13. The molecule has 0 saturated carbocycles. The summed E-state index contributed by atoms with van der Waals surface area (Å²) in [5, 5.41) is 16.2. The summed E-state index contributed by atoms with van der Waals surface area (Å²) in [6, 6.07) is 17.7. The second-order valence-electron chi connectivity index (χ2n) is 5.52. The van der Waals surface area contributed by atoms with Gasteiger partial charge in [0, 0.05) is 18.7 Å². The summed E-state index contributed by atoms with van der Waals surface area (Å²) in [4.78, 5) is 12.3. The van der Waals surface area contributed by atoms with Gasteiger partial charge in [0.15, 0.2) is 0 Å². The first-order chi connectivity index (χ1) is 11.7. The van der Waals surface area contributed by atoms with E-state index in [1.54, 1.807) is 30.1 Å². The summed E-state index contributed by atoms with van der Waals surface area (Å²) in [5.74, 6) is 0.375. The van der Waals surface area contributed by atoms with Crippen molar-refractivity contribution < 1.29 is 4.79 Å². The lowest BCUT2D eigenvalue weighted by Crippen LogP contribution is -2.14. The van der Waals surface area contributed by atoms with Crippen LogP contribution in [0.2, 0.25) is 0 Å². The molecule has 2 N–H and O–H groups in total. The highest BCUT2D eigenvalue weighted by atomic mass is 16.2. The van der Waals surface area contributed by atoms with Crippen LogP contribution in [0.5, 0.6) is 0 Å². The van der Waals surface area contributed by atoms with Crippen molar-refractivity contribution in [2.75, 3.05) is 5.32 Å². The number of rotatable bonds is 3. The predicted octanol–water partition coefficient (Wildman–Crippen LogP) is 3.22. The van der Waals surface area contributed by atoms with Crippen molar-refractivity contribution in [2.24, 2.45) is 7.05 Å². The smallest absolute Gasteiger partial charge is 0.274 e. The number of hydrogen-bond donors (Lipinski definition) is 2. The second kappa shape index (κ2) is 5.66. The van der Waals surface area contributed by atoms with Gasteiger partial charge >= 0.3 is 0 Å². The van der Waals surface area contributed by atoms with E-state index in [-0.39, 0.29) is 5.91 Å². The molecular weight excluding hydrogens is 302 g/mol. The molecule has 2 aromatic heterocycles. The molecule has 0 saturated heterocycles. The topological polar surface area (TPSA) is 75.6 Å². The van der Waals surface area contributed by atoms with E-state index in [0.717, 1.165) is 16.6 Å². The van der Waals surface area contributed by atoms with Crippen molar-refractivity contribution in [2.45, 2.75) is 0 Å². The van der Waals surface area contributed by atoms with Crippen LogP contribution >= 0.6 is 0 Å². The second-order valence-corrected chi connectivity index (χ2v) is 5.52. The largest absolute Gasteiger partial charge is 0.305 e. The number of benzene rings is 2. The average Bonchev–Trinajstić information content (AvgIpc) is 3.24. The maximum absolute atomic E-state index is 12.3. The minimum atomic E-state index is -0.252. The minimum absolute atomic E-state index is 0.252. The number of aromatic nitrogens is 4. The molecule has 2 heterocycles. The molecule has 0 bridgehead atoms. The maximum Gasteiger partial charge on any atom is 0.274 e. The van der Waals surface area contributed by atoms with Crippen LogP contribution in [0.25, 0.3) is 22.0 Å². The van der Waals surface area contributed by atoms with Crippen LogP contribution in [0.3, 0.4) is 0 Å². The Bertz CT molecular complexity index is 1030. The number of anilines is 1. The number of aryl methyl sites for hydroxylation is 1. The van der Waals surface area contributed by atoms with Crippen molar-refractivity contribution in [3.05, 3.63) is 66.5 Å². The number of nitrogens with one attached hydrogen (secondary N) is 2. The summed E-state index contributed by atoms with van der Waals surface area (Å²) in [7, 11) is 1.77. The third-order valence-corrected chi connectivity index (χ3v) is 3.93. The van der Waals surface area contributed by atoms with Gasteiger partial charge in [-0.1, -0.05) is 36.4 Å².